The molecule has 1 aliphatic carbocycles. The number of rotatable bonds is 1. The van der Waals surface area contributed by atoms with Gasteiger partial charge in [-0.05, 0) is 11.6 Å². The lowest BCUT2D eigenvalue weighted by molar-refractivity contribution is 0.0126. The van der Waals surface area contributed by atoms with Gasteiger partial charge in [-0.15, -0.1) is 0 Å². The van der Waals surface area contributed by atoms with Crippen molar-refractivity contribution in [2.75, 3.05) is 7.11 Å². The van der Waals surface area contributed by atoms with Crippen LogP contribution in [0.2, 0.25) is 0 Å². The average molecular weight is 177 g/mol. The lowest BCUT2D eigenvalue weighted by Gasteiger charge is -2.22. The molecule has 0 aromatic carbocycles. The maximum Gasteiger partial charge on any atom is 0.126 e. The Balaban J connectivity index is 2.42. The summed E-state index contributed by atoms with van der Waals surface area (Å²) in [4.78, 5) is 4.12. The first kappa shape index (κ1) is 8.41. The zero-order chi connectivity index (χ0) is 9.26. The van der Waals surface area contributed by atoms with E-state index in [0.29, 0.717) is 5.69 Å². The van der Waals surface area contributed by atoms with Crippen LogP contribution in [0.1, 0.15) is 17.4 Å². The molecule has 1 aromatic heterocycles. The molecule has 0 amide bonds. The van der Waals surface area contributed by atoms with E-state index in [4.69, 9.17) is 4.74 Å². The fourth-order valence-electron chi connectivity index (χ4n) is 1.48. The molecule has 0 radical (unpaired) electrons. The van der Waals surface area contributed by atoms with Gasteiger partial charge in [0.05, 0.1) is 5.69 Å². The van der Waals surface area contributed by atoms with E-state index >= 15 is 0 Å². The standard InChI is InChI=1S/C10H11NO2/c1-13-8-5-4-7-3-2-6-11-9(7)10(8)12/h2-6,8,10,12H,1H3. The van der Waals surface area contributed by atoms with E-state index < -0.39 is 6.10 Å². The number of aromatic nitrogens is 1. The molecule has 68 valence electrons. The highest BCUT2D eigenvalue weighted by atomic mass is 16.5. The summed E-state index contributed by atoms with van der Waals surface area (Å²) in [5.74, 6) is 0. The molecule has 2 rings (SSSR count). The topological polar surface area (TPSA) is 42.4 Å². The number of nitrogens with zero attached hydrogens (tertiary/aromatic N) is 1. The molecular weight excluding hydrogens is 166 g/mol. The van der Waals surface area contributed by atoms with Crippen LogP contribution >= 0.6 is 0 Å². The fraction of sp³-hybridized carbons (Fsp3) is 0.300. The first-order valence-corrected chi connectivity index (χ1v) is 4.17. The van der Waals surface area contributed by atoms with Gasteiger partial charge in [0.1, 0.15) is 12.2 Å². The van der Waals surface area contributed by atoms with Crippen LogP contribution in [0.3, 0.4) is 0 Å². The molecule has 1 aromatic rings. The molecule has 0 bridgehead atoms. The van der Waals surface area contributed by atoms with Crippen LogP contribution in [0.15, 0.2) is 24.4 Å². The van der Waals surface area contributed by atoms with E-state index in [1.165, 1.54) is 0 Å². The largest absolute Gasteiger partial charge is 0.384 e. The Bertz CT molecular complexity index is 335. The van der Waals surface area contributed by atoms with Crippen molar-refractivity contribution in [3.8, 4) is 0 Å². The summed E-state index contributed by atoms with van der Waals surface area (Å²) in [5.41, 5.74) is 1.65. The number of fused-ring (bicyclic) bond motifs is 1. The van der Waals surface area contributed by atoms with Gasteiger partial charge < -0.3 is 9.84 Å². The molecule has 1 N–H and O–H groups in total. The minimum absolute atomic E-state index is 0.276. The Morgan fingerprint density at radius 1 is 1.54 bits per heavy atom. The summed E-state index contributed by atoms with van der Waals surface area (Å²) in [5, 5.41) is 9.78. The molecule has 3 heteroatoms. The first-order chi connectivity index (χ1) is 6.33. The van der Waals surface area contributed by atoms with Crippen molar-refractivity contribution in [1.82, 2.24) is 4.98 Å². The van der Waals surface area contributed by atoms with E-state index in [9.17, 15) is 5.11 Å². The van der Waals surface area contributed by atoms with E-state index in [2.05, 4.69) is 4.98 Å². The van der Waals surface area contributed by atoms with E-state index in [0.717, 1.165) is 5.56 Å². The molecule has 0 fully saturated rings. The Kier molecular flexibility index (Phi) is 2.12. The Morgan fingerprint density at radius 2 is 2.38 bits per heavy atom. The zero-order valence-corrected chi connectivity index (χ0v) is 7.34. The SMILES string of the molecule is COC1C=Cc2cccnc2C1O. The minimum Gasteiger partial charge on any atom is -0.384 e. The van der Waals surface area contributed by atoms with Gasteiger partial charge in [-0.25, -0.2) is 0 Å². The molecule has 2 atom stereocenters. The summed E-state index contributed by atoms with van der Waals surface area (Å²) in [7, 11) is 1.58. The van der Waals surface area contributed by atoms with Crippen molar-refractivity contribution in [1.29, 1.82) is 0 Å². The number of pyridine rings is 1. The Labute approximate surface area is 76.7 Å². The summed E-state index contributed by atoms with van der Waals surface area (Å²) < 4.78 is 5.08. The van der Waals surface area contributed by atoms with Gasteiger partial charge in [0.15, 0.2) is 0 Å². The molecule has 0 aliphatic heterocycles. The molecule has 2 unspecified atom stereocenters. The smallest absolute Gasteiger partial charge is 0.126 e. The summed E-state index contributed by atoms with van der Waals surface area (Å²) in [6, 6.07) is 3.77. The second-order valence-corrected chi connectivity index (χ2v) is 2.98. The van der Waals surface area contributed by atoms with E-state index in [-0.39, 0.29) is 6.10 Å². The van der Waals surface area contributed by atoms with Gasteiger partial charge in [0.25, 0.3) is 0 Å². The number of hydrogen-bond donors (Lipinski definition) is 1. The van der Waals surface area contributed by atoms with Crippen LogP contribution in [-0.4, -0.2) is 23.3 Å². The van der Waals surface area contributed by atoms with Crippen LogP contribution in [0.25, 0.3) is 6.08 Å². The first-order valence-electron chi connectivity index (χ1n) is 4.17. The molecule has 0 spiro atoms. The van der Waals surface area contributed by atoms with Crippen LogP contribution < -0.4 is 0 Å². The Hall–Kier alpha value is -1.19. The second-order valence-electron chi connectivity index (χ2n) is 2.98. The van der Waals surface area contributed by atoms with Gasteiger partial charge in [0, 0.05) is 13.3 Å². The van der Waals surface area contributed by atoms with Crippen molar-refractivity contribution in [3.05, 3.63) is 35.7 Å². The normalized spacial score (nSPS) is 25.7. The predicted octanol–water partition coefficient (Wildman–Crippen LogP) is 1.16. The summed E-state index contributed by atoms with van der Waals surface area (Å²) in [6.07, 6.45) is 4.51. The van der Waals surface area contributed by atoms with Crippen LogP contribution in [-0.2, 0) is 4.74 Å². The molecule has 1 heterocycles. The van der Waals surface area contributed by atoms with Crippen molar-refractivity contribution >= 4 is 6.08 Å². The van der Waals surface area contributed by atoms with Crippen molar-refractivity contribution < 1.29 is 9.84 Å². The molecule has 1 aliphatic rings. The predicted molar refractivity (Wildman–Crippen MR) is 49.0 cm³/mol. The van der Waals surface area contributed by atoms with E-state index in [1.807, 2.05) is 24.3 Å². The lowest BCUT2D eigenvalue weighted by Crippen LogP contribution is -2.22. The van der Waals surface area contributed by atoms with Crippen molar-refractivity contribution in [3.63, 3.8) is 0 Å². The average Bonchev–Trinajstić information content (AvgIpc) is 2.19. The van der Waals surface area contributed by atoms with Gasteiger partial charge in [-0.1, -0.05) is 18.2 Å². The number of ether oxygens (including phenoxy) is 1. The number of aliphatic hydroxyl groups excluding tert-OH is 1. The van der Waals surface area contributed by atoms with Gasteiger partial charge in [0.2, 0.25) is 0 Å². The maximum atomic E-state index is 9.78. The van der Waals surface area contributed by atoms with Gasteiger partial charge in [-0.3, -0.25) is 4.98 Å². The monoisotopic (exact) mass is 177 g/mol. The van der Waals surface area contributed by atoms with Gasteiger partial charge in [-0.2, -0.15) is 0 Å². The Morgan fingerprint density at radius 3 is 3.15 bits per heavy atom. The highest BCUT2D eigenvalue weighted by Crippen LogP contribution is 2.26. The van der Waals surface area contributed by atoms with Crippen molar-refractivity contribution in [2.24, 2.45) is 0 Å². The highest BCUT2D eigenvalue weighted by molar-refractivity contribution is 5.56. The minimum atomic E-state index is -0.647. The van der Waals surface area contributed by atoms with E-state index in [1.54, 1.807) is 13.3 Å². The van der Waals surface area contributed by atoms with Crippen LogP contribution in [0, 0.1) is 0 Å². The molecule has 0 saturated heterocycles. The molecule has 3 nitrogen and oxygen atoms in total. The third kappa shape index (κ3) is 1.36. The maximum absolute atomic E-state index is 9.78. The second kappa shape index (κ2) is 3.28. The lowest BCUT2D eigenvalue weighted by atomic mass is 9.98. The third-order valence-electron chi connectivity index (χ3n) is 2.20. The third-order valence-corrected chi connectivity index (χ3v) is 2.20. The highest BCUT2D eigenvalue weighted by Gasteiger charge is 2.24. The number of methoxy groups -OCH3 is 1. The summed E-state index contributed by atoms with van der Waals surface area (Å²) >= 11 is 0. The van der Waals surface area contributed by atoms with Crippen molar-refractivity contribution in [2.45, 2.75) is 12.2 Å². The molecule has 0 saturated carbocycles. The zero-order valence-electron chi connectivity index (χ0n) is 7.34. The number of aliphatic hydroxyl groups is 1. The van der Waals surface area contributed by atoms with Crippen LogP contribution in [0.4, 0.5) is 0 Å². The summed E-state index contributed by atoms with van der Waals surface area (Å²) in [6.45, 7) is 0. The molecular formula is C10H11NO2. The molecule has 13 heavy (non-hydrogen) atoms. The number of hydrogen-bond acceptors (Lipinski definition) is 3. The quantitative estimate of drug-likeness (QED) is 0.699. The fourth-order valence-corrected chi connectivity index (χ4v) is 1.48. The van der Waals surface area contributed by atoms with Crippen LogP contribution in [0.5, 0.6) is 0 Å². The van der Waals surface area contributed by atoms with Gasteiger partial charge >= 0.3 is 0 Å².